The van der Waals surface area contributed by atoms with Gasteiger partial charge in [0.25, 0.3) is 5.91 Å². The van der Waals surface area contributed by atoms with Gasteiger partial charge in [-0.3, -0.25) is 4.79 Å². The van der Waals surface area contributed by atoms with Crippen LogP contribution in [0.1, 0.15) is 35.4 Å². The molecule has 0 atom stereocenters. The fourth-order valence-corrected chi connectivity index (χ4v) is 2.65. The van der Waals surface area contributed by atoms with Crippen molar-refractivity contribution in [3.63, 3.8) is 0 Å². The van der Waals surface area contributed by atoms with Crippen LogP contribution in [0.3, 0.4) is 0 Å². The lowest BCUT2D eigenvalue weighted by Gasteiger charge is -2.32. The van der Waals surface area contributed by atoms with Crippen LogP contribution in [0.4, 0.5) is 0 Å². The van der Waals surface area contributed by atoms with Gasteiger partial charge in [-0.1, -0.05) is 0 Å². The Kier molecular flexibility index (Phi) is 4.07. The first-order valence-electron chi connectivity index (χ1n) is 6.75. The van der Waals surface area contributed by atoms with Crippen molar-refractivity contribution in [3.05, 3.63) is 23.5 Å². The van der Waals surface area contributed by atoms with Gasteiger partial charge in [-0.05, 0) is 50.8 Å². The largest absolute Gasteiger partial charge is 0.344 e. The molecule has 0 spiro atoms. The molecular formula is C14H23N3O. The molecule has 1 aromatic rings. The maximum atomic E-state index is 12.4. The van der Waals surface area contributed by atoms with E-state index < -0.39 is 0 Å². The molecule has 1 aliphatic rings. The maximum absolute atomic E-state index is 12.4. The highest BCUT2D eigenvalue weighted by molar-refractivity contribution is 5.93. The summed E-state index contributed by atoms with van der Waals surface area (Å²) >= 11 is 0. The Labute approximate surface area is 109 Å². The van der Waals surface area contributed by atoms with Crippen LogP contribution in [0.5, 0.6) is 0 Å². The van der Waals surface area contributed by atoms with Crippen LogP contribution >= 0.6 is 0 Å². The van der Waals surface area contributed by atoms with E-state index in [0.29, 0.717) is 5.92 Å². The molecule has 0 radical (unpaired) electrons. The Hall–Kier alpha value is -1.29. The fraction of sp³-hybridized carbons (Fsp3) is 0.643. The third-order valence-corrected chi connectivity index (χ3v) is 4.07. The lowest BCUT2D eigenvalue weighted by atomic mass is 9.93. The molecular weight excluding hydrogens is 226 g/mol. The molecule has 2 rings (SSSR count). The lowest BCUT2D eigenvalue weighted by Crippen LogP contribution is -2.39. The van der Waals surface area contributed by atoms with Gasteiger partial charge < -0.3 is 15.2 Å². The molecule has 1 saturated heterocycles. The summed E-state index contributed by atoms with van der Waals surface area (Å²) in [5, 5.41) is 0. The molecule has 0 bridgehead atoms. The van der Waals surface area contributed by atoms with Crippen molar-refractivity contribution in [1.29, 1.82) is 0 Å². The van der Waals surface area contributed by atoms with E-state index in [1.165, 1.54) is 0 Å². The van der Waals surface area contributed by atoms with Gasteiger partial charge in [-0.2, -0.15) is 0 Å². The van der Waals surface area contributed by atoms with Crippen LogP contribution in [0, 0.1) is 12.8 Å². The van der Waals surface area contributed by atoms with Crippen molar-refractivity contribution in [2.24, 2.45) is 18.7 Å². The molecule has 2 heterocycles. The number of likely N-dealkylation sites (tertiary alicyclic amines) is 1. The highest BCUT2D eigenvalue weighted by Crippen LogP contribution is 2.21. The topological polar surface area (TPSA) is 51.3 Å². The Morgan fingerprint density at radius 1 is 1.39 bits per heavy atom. The summed E-state index contributed by atoms with van der Waals surface area (Å²) in [6.45, 7) is 4.52. The van der Waals surface area contributed by atoms with Crippen molar-refractivity contribution in [2.45, 2.75) is 26.2 Å². The predicted octanol–water partition coefficient (Wildman–Crippen LogP) is 1.53. The highest BCUT2D eigenvalue weighted by Gasteiger charge is 2.24. The van der Waals surface area contributed by atoms with E-state index in [0.717, 1.165) is 50.3 Å². The van der Waals surface area contributed by atoms with Crippen LogP contribution in [0.25, 0.3) is 0 Å². The van der Waals surface area contributed by atoms with Gasteiger partial charge >= 0.3 is 0 Å². The molecule has 1 fully saturated rings. The minimum Gasteiger partial charge on any atom is -0.344 e. The number of hydrogen-bond acceptors (Lipinski definition) is 2. The third kappa shape index (κ3) is 2.58. The van der Waals surface area contributed by atoms with Crippen molar-refractivity contribution in [2.75, 3.05) is 19.6 Å². The number of aryl methyl sites for hydroxylation is 1. The van der Waals surface area contributed by atoms with Gasteiger partial charge in [0.2, 0.25) is 0 Å². The molecule has 18 heavy (non-hydrogen) atoms. The summed E-state index contributed by atoms with van der Waals surface area (Å²) in [7, 11) is 1.95. The Balaban J connectivity index is 1.97. The monoisotopic (exact) mass is 249 g/mol. The number of carbonyl (C=O) groups excluding carboxylic acids is 1. The SMILES string of the molecule is Cc1ccc(C(=O)N2CCC(CCN)CC2)n1C. The Bertz CT molecular complexity index is 417. The molecule has 1 aromatic heterocycles. The van der Waals surface area contributed by atoms with Crippen molar-refractivity contribution in [3.8, 4) is 0 Å². The number of aromatic nitrogens is 1. The van der Waals surface area contributed by atoms with Gasteiger partial charge in [0.1, 0.15) is 5.69 Å². The van der Waals surface area contributed by atoms with Crippen LogP contribution < -0.4 is 5.73 Å². The summed E-state index contributed by atoms with van der Waals surface area (Å²) in [5.74, 6) is 0.867. The molecule has 2 N–H and O–H groups in total. The van der Waals surface area contributed by atoms with E-state index in [-0.39, 0.29) is 5.91 Å². The third-order valence-electron chi connectivity index (χ3n) is 4.07. The molecule has 0 saturated carbocycles. The first kappa shape index (κ1) is 13.1. The summed E-state index contributed by atoms with van der Waals surface area (Å²) in [6, 6.07) is 3.91. The molecule has 4 heteroatoms. The number of piperidine rings is 1. The number of nitrogens with zero attached hydrogens (tertiary/aromatic N) is 2. The Morgan fingerprint density at radius 3 is 2.56 bits per heavy atom. The highest BCUT2D eigenvalue weighted by atomic mass is 16.2. The molecule has 100 valence electrons. The molecule has 0 aliphatic carbocycles. The average Bonchev–Trinajstić information content (AvgIpc) is 2.71. The molecule has 1 amide bonds. The van der Waals surface area contributed by atoms with Crippen molar-refractivity contribution in [1.82, 2.24) is 9.47 Å². The first-order valence-corrected chi connectivity index (χ1v) is 6.75. The maximum Gasteiger partial charge on any atom is 0.270 e. The van der Waals surface area contributed by atoms with Crippen molar-refractivity contribution >= 4 is 5.91 Å². The predicted molar refractivity (Wildman–Crippen MR) is 72.4 cm³/mol. The van der Waals surface area contributed by atoms with Crippen LogP contribution in [-0.2, 0) is 7.05 Å². The van der Waals surface area contributed by atoms with Crippen LogP contribution in [0.15, 0.2) is 12.1 Å². The minimum absolute atomic E-state index is 0.164. The quantitative estimate of drug-likeness (QED) is 0.883. The van der Waals surface area contributed by atoms with Gasteiger partial charge in [0.15, 0.2) is 0 Å². The summed E-state index contributed by atoms with van der Waals surface area (Å²) in [6.07, 6.45) is 3.27. The summed E-state index contributed by atoms with van der Waals surface area (Å²) in [4.78, 5) is 14.4. The number of carbonyl (C=O) groups is 1. The zero-order chi connectivity index (χ0) is 13.1. The van der Waals surface area contributed by atoms with Crippen molar-refractivity contribution < 1.29 is 4.79 Å². The van der Waals surface area contributed by atoms with E-state index in [2.05, 4.69) is 0 Å². The second-order valence-corrected chi connectivity index (χ2v) is 5.23. The first-order chi connectivity index (χ1) is 8.63. The van der Waals surface area contributed by atoms with E-state index >= 15 is 0 Å². The normalized spacial score (nSPS) is 17.2. The molecule has 0 unspecified atom stereocenters. The summed E-state index contributed by atoms with van der Waals surface area (Å²) in [5.41, 5.74) is 7.50. The number of nitrogens with two attached hydrogens (primary N) is 1. The number of amides is 1. The van der Waals surface area contributed by atoms with E-state index in [4.69, 9.17) is 5.73 Å². The molecule has 0 aromatic carbocycles. The summed E-state index contributed by atoms with van der Waals surface area (Å²) < 4.78 is 1.97. The minimum atomic E-state index is 0.164. The number of hydrogen-bond donors (Lipinski definition) is 1. The van der Waals surface area contributed by atoms with E-state index in [1.807, 2.05) is 35.6 Å². The van der Waals surface area contributed by atoms with Crippen LogP contribution in [0.2, 0.25) is 0 Å². The fourth-order valence-electron chi connectivity index (χ4n) is 2.65. The zero-order valence-corrected chi connectivity index (χ0v) is 11.4. The number of rotatable bonds is 3. The lowest BCUT2D eigenvalue weighted by molar-refractivity contribution is 0.0678. The van der Waals surface area contributed by atoms with Gasteiger partial charge in [0, 0.05) is 25.8 Å². The average molecular weight is 249 g/mol. The standard InChI is InChI=1S/C14H23N3O/c1-11-3-4-13(16(11)2)14(18)17-9-6-12(5-8-15)7-10-17/h3-4,12H,5-10,15H2,1-2H3. The second-order valence-electron chi connectivity index (χ2n) is 5.23. The van der Waals surface area contributed by atoms with Crippen LogP contribution in [-0.4, -0.2) is 35.0 Å². The van der Waals surface area contributed by atoms with Gasteiger partial charge in [-0.25, -0.2) is 0 Å². The van der Waals surface area contributed by atoms with Gasteiger partial charge in [-0.15, -0.1) is 0 Å². The smallest absolute Gasteiger partial charge is 0.270 e. The van der Waals surface area contributed by atoms with E-state index in [1.54, 1.807) is 0 Å². The molecule has 4 nitrogen and oxygen atoms in total. The van der Waals surface area contributed by atoms with E-state index in [9.17, 15) is 4.79 Å². The zero-order valence-electron chi connectivity index (χ0n) is 11.4. The van der Waals surface area contributed by atoms with Gasteiger partial charge in [0.05, 0.1) is 0 Å². The molecule has 1 aliphatic heterocycles. The second kappa shape index (κ2) is 5.57. The Morgan fingerprint density at radius 2 is 2.06 bits per heavy atom.